The van der Waals surface area contributed by atoms with Gasteiger partial charge in [0.25, 0.3) is 0 Å². The van der Waals surface area contributed by atoms with Crippen LogP contribution in [0, 0.1) is 11.7 Å². The van der Waals surface area contributed by atoms with Gasteiger partial charge >= 0.3 is 0 Å². The van der Waals surface area contributed by atoms with E-state index in [1.165, 1.54) is 12.1 Å². The van der Waals surface area contributed by atoms with Crippen LogP contribution in [0.15, 0.2) is 48.5 Å². The molecule has 2 unspecified atom stereocenters. The molecule has 1 heterocycles. The summed E-state index contributed by atoms with van der Waals surface area (Å²) < 4.78 is 18.8. The zero-order chi connectivity index (χ0) is 13.9. The van der Waals surface area contributed by atoms with E-state index in [0.717, 1.165) is 23.3 Å². The molecule has 2 aromatic rings. The summed E-state index contributed by atoms with van der Waals surface area (Å²) in [6.45, 7) is 0.507. The first-order chi connectivity index (χ1) is 9.72. The summed E-state index contributed by atoms with van der Waals surface area (Å²) in [7, 11) is 0. The molecule has 1 aliphatic rings. The Hall–Kier alpha value is -1.87. The summed E-state index contributed by atoms with van der Waals surface area (Å²) in [6, 6.07) is 14.3. The fourth-order valence-corrected chi connectivity index (χ4v) is 2.67. The van der Waals surface area contributed by atoms with E-state index in [9.17, 15) is 9.50 Å². The first-order valence-electron chi connectivity index (χ1n) is 6.85. The summed E-state index contributed by atoms with van der Waals surface area (Å²) in [6.07, 6.45) is 0.728. The van der Waals surface area contributed by atoms with Crippen LogP contribution in [-0.4, -0.2) is 17.8 Å². The second kappa shape index (κ2) is 5.63. The van der Waals surface area contributed by atoms with Gasteiger partial charge in [-0.15, -0.1) is 0 Å². The maximum absolute atomic E-state index is 13.2. The highest BCUT2D eigenvalue weighted by Crippen LogP contribution is 2.29. The highest BCUT2D eigenvalue weighted by Gasteiger charge is 2.26. The molecule has 2 aromatic carbocycles. The second-order valence-electron chi connectivity index (χ2n) is 5.28. The van der Waals surface area contributed by atoms with Gasteiger partial charge in [0, 0.05) is 5.92 Å². The Labute approximate surface area is 117 Å². The second-order valence-corrected chi connectivity index (χ2v) is 5.28. The monoisotopic (exact) mass is 272 g/mol. The third kappa shape index (κ3) is 2.83. The normalized spacial score (nSPS) is 19.0. The quantitative estimate of drug-likeness (QED) is 0.930. The number of fused-ring (bicyclic) bond motifs is 1. The minimum Gasteiger partial charge on any atom is -0.493 e. The van der Waals surface area contributed by atoms with E-state index in [-0.39, 0.29) is 11.7 Å². The Morgan fingerprint density at radius 2 is 2.05 bits per heavy atom. The van der Waals surface area contributed by atoms with Crippen molar-refractivity contribution < 1.29 is 14.2 Å². The van der Waals surface area contributed by atoms with Crippen LogP contribution in [0.25, 0.3) is 0 Å². The fraction of sp³-hybridized carbons (Fsp3) is 0.294. The standard InChI is InChI=1S/C17H17FO2/c18-15-6-3-4-12(8-15)9-16(19)14-10-13-5-1-2-7-17(13)20-11-14/h1-8,14,16,19H,9-11H2. The van der Waals surface area contributed by atoms with Gasteiger partial charge < -0.3 is 9.84 Å². The molecule has 0 radical (unpaired) electrons. The molecular formula is C17H17FO2. The molecule has 0 amide bonds. The Balaban J connectivity index is 1.68. The number of para-hydroxylation sites is 1. The molecule has 2 nitrogen and oxygen atoms in total. The van der Waals surface area contributed by atoms with Gasteiger partial charge in [0.05, 0.1) is 12.7 Å². The molecule has 1 N–H and O–H groups in total. The number of aliphatic hydroxyl groups excluding tert-OH is 1. The van der Waals surface area contributed by atoms with Crippen molar-refractivity contribution in [2.45, 2.75) is 18.9 Å². The van der Waals surface area contributed by atoms with Gasteiger partial charge in [-0.25, -0.2) is 4.39 Å². The third-order valence-corrected chi connectivity index (χ3v) is 3.79. The number of benzene rings is 2. The molecule has 0 bridgehead atoms. The molecule has 3 heteroatoms. The minimum absolute atomic E-state index is 0.0492. The zero-order valence-electron chi connectivity index (χ0n) is 11.1. The first-order valence-corrected chi connectivity index (χ1v) is 6.85. The van der Waals surface area contributed by atoms with Crippen LogP contribution in [0.4, 0.5) is 4.39 Å². The average Bonchev–Trinajstić information content (AvgIpc) is 2.47. The number of aliphatic hydroxyl groups is 1. The fourth-order valence-electron chi connectivity index (χ4n) is 2.67. The topological polar surface area (TPSA) is 29.5 Å². The van der Waals surface area contributed by atoms with E-state index in [1.54, 1.807) is 6.07 Å². The van der Waals surface area contributed by atoms with E-state index in [0.29, 0.717) is 13.0 Å². The molecule has 0 saturated heterocycles. The maximum atomic E-state index is 13.2. The lowest BCUT2D eigenvalue weighted by molar-refractivity contribution is 0.0652. The lowest BCUT2D eigenvalue weighted by atomic mass is 9.89. The highest BCUT2D eigenvalue weighted by molar-refractivity contribution is 5.35. The van der Waals surface area contributed by atoms with Crippen LogP contribution in [-0.2, 0) is 12.8 Å². The molecule has 104 valence electrons. The Kier molecular flexibility index (Phi) is 3.70. The molecule has 0 spiro atoms. The summed E-state index contributed by atoms with van der Waals surface area (Å²) in [5.74, 6) is 0.690. The van der Waals surface area contributed by atoms with E-state index in [1.807, 2.05) is 30.3 Å². The number of hydrogen-bond acceptors (Lipinski definition) is 2. The van der Waals surface area contributed by atoms with Crippen LogP contribution >= 0.6 is 0 Å². The predicted molar refractivity (Wildman–Crippen MR) is 75.2 cm³/mol. The van der Waals surface area contributed by atoms with Crippen LogP contribution in [0.5, 0.6) is 5.75 Å². The smallest absolute Gasteiger partial charge is 0.123 e. The van der Waals surface area contributed by atoms with Gasteiger partial charge in [0.2, 0.25) is 0 Å². The Morgan fingerprint density at radius 3 is 2.90 bits per heavy atom. The van der Waals surface area contributed by atoms with Crippen molar-refractivity contribution in [3.8, 4) is 5.75 Å². The van der Waals surface area contributed by atoms with Gasteiger partial charge in [-0.1, -0.05) is 30.3 Å². The van der Waals surface area contributed by atoms with Crippen molar-refractivity contribution in [1.82, 2.24) is 0 Å². The number of halogens is 1. The molecule has 1 aliphatic heterocycles. The van der Waals surface area contributed by atoms with Crippen molar-refractivity contribution >= 4 is 0 Å². The van der Waals surface area contributed by atoms with Gasteiger partial charge in [0.1, 0.15) is 11.6 Å². The Morgan fingerprint density at radius 1 is 1.20 bits per heavy atom. The molecule has 20 heavy (non-hydrogen) atoms. The minimum atomic E-state index is -0.523. The maximum Gasteiger partial charge on any atom is 0.123 e. The zero-order valence-corrected chi connectivity index (χ0v) is 11.1. The lowest BCUT2D eigenvalue weighted by Gasteiger charge is -2.28. The van der Waals surface area contributed by atoms with Crippen molar-refractivity contribution in [3.63, 3.8) is 0 Å². The van der Waals surface area contributed by atoms with Gasteiger partial charge in [0.15, 0.2) is 0 Å². The van der Waals surface area contributed by atoms with Crippen molar-refractivity contribution in [3.05, 3.63) is 65.5 Å². The van der Waals surface area contributed by atoms with Crippen molar-refractivity contribution in [2.24, 2.45) is 5.92 Å². The number of rotatable bonds is 3. The molecular weight excluding hydrogens is 255 g/mol. The van der Waals surface area contributed by atoms with E-state index in [2.05, 4.69) is 0 Å². The summed E-state index contributed by atoms with van der Waals surface area (Å²) in [5, 5.41) is 10.3. The molecule has 3 rings (SSSR count). The molecule has 0 aromatic heterocycles. The number of hydrogen-bond donors (Lipinski definition) is 1. The largest absolute Gasteiger partial charge is 0.493 e. The van der Waals surface area contributed by atoms with Crippen LogP contribution in [0.3, 0.4) is 0 Å². The number of ether oxygens (including phenoxy) is 1. The predicted octanol–water partition coefficient (Wildman–Crippen LogP) is 2.98. The van der Waals surface area contributed by atoms with Crippen LogP contribution < -0.4 is 4.74 Å². The third-order valence-electron chi connectivity index (χ3n) is 3.79. The first kappa shape index (κ1) is 13.1. The summed E-state index contributed by atoms with van der Waals surface area (Å²) in [4.78, 5) is 0. The molecule has 0 saturated carbocycles. The Bertz CT molecular complexity index is 597. The summed E-state index contributed by atoms with van der Waals surface area (Å²) in [5.41, 5.74) is 1.94. The van der Waals surface area contributed by atoms with E-state index < -0.39 is 6.10 Å². The van der Waals surface area contributed by atoms with E-state index >= 15 is 0 Å². The van der Waals surface area contributed by atoms with Gasteiger partial charge in [-0.05, 0) is 42.2 Å². The molecule has 0 fully saturated rings. The van der Waals surface area contributed by atoms with Crippen molar-refractivity contribution in [1.29, 1.82) is 0 Å². The summed E-state index contributed by atoms with van der Waals surface area (Å²) >= 11 is 0. The SMILES string of the molecule is OC(Cc1cccc(F)c1)C1COc2ccccc2C1. The van der Waals surface area contributed by atoms with Gasteiger partial charge in [-0.2, -0.15) is 0 Å². The lowest BCUT2D eigenvalue weighted by Crippen LogP contribution is -2.33. The average molecular weight is 272 g/mol. The van der Waals surface area contributed by atoms with Crippen molar-refractivity contribution in [2.75, 3.05) is 6.61 Å². The highest BCUT2D eigenvalue weighted by atomic mass is 19.1. The van der Waals surface area contributed by atoms with Crippen LogP contribution in [0.2, 0.25) is 0 Å². The van der Waals surface area contributed by atoms with E-state index in [4.69, 9.17) is 4.74 Å². The molecule has 0 aliphatic carbocycles. The van der Waals surface area contributed by atoms with Gasteiger partial charge in [-0.3, -0.25) is 0 Å². The van der Waals surface area contributed by atoms with Crippen LogP contribution in [0.1, 0.15) is 11.1 Å². The molecule has 2 atom stereocenters.